The van der Waals surface area contributed by atoms with Crippen LogP contribution in [0.15, 0.2) is 97.1 Å². The molecular weight excluding hydrogens is 500 g/mol. The average Bonchev–Trinajstić information content (AvgIpc) is 3.02. The number of para-hydroxylation sites is 2. The molecule has 0 unspecified atom stereocenters. The summed E-state index contributed by atoms with van der Waals surface area (Å²) in [4.78, 5) is 31.3. The van der Waals surface area contributed by atoms with Crippen LogP contribution in [0.2, 0.25) is 0 Å². The molecule has 0 saturated carbocycles. The fourth-order valence-corrected chi connectivity index (χ4v) is 5.34. The predicted molar refractivity (Wildman–Crippen MR) is 158 cm³/mol. The van der Waals surface area contributed by atoms with E-state index in [-0.39, 0.29) is 11.8 Å². The second kappa shape index (κ2) is 12.1. The molecule has 6 nitrogen and oxygen atoms in total. The van der Waals surface area contributed by atoms with Crippen LogP contribution in [0.4, 0.5) is 11.4 Å². The molecule has 1 saturated heterocycles. The van der Waals surface area contributed by atoms with E-state index in [2.05, 4.69) is 12.1 Å². The van der Waals surface area contributed by atoms with Crippen molar-refractivity contribution in [1.29, 1.82) is 0 Å². The first-order valence-corrected chi connectivity index (χ1v) is 13.6. The molecule has 1 aliphatic rings. The zero-order valence-corrected chi connectivity index (χ0v) is 23.2. The standard InChI is InChI=1S/C34H34N2O4/c1-24-13-14-27(33(37)35-21-19-26(20-22-35)25-15-17-29(39-2)18-16-25)23-31(24)36(28-9-5-4-6-10-28)34(38)30-11-7-8-12-32(30)40-3/h4-18,23,26H,19-22H2,1-3H3. The molecular formula is C34H34N2O4. The summed E-state index contributed by atoms with van der Waals surface area (Å²) in [7, 11) is 3.23. The van der Waals surface area contributed by atoms with Gasteiger partial charge in [-0.1, -0.05) is 48.5 Å². The number of nitrogens with zero attached hydrogens (tertiary/aromatic N) is 2. The molecule has 5 rings (SSSR count). The van der Waals surface area contributed by atoms with Gasteiger partial charge in [-0.05, 0) is 85.3 Å². The van der Waals surface area contributed by atoms with Gasteiger partial charge in [-0.2, -0.15) is 0 Å². The van der Waals surface area contributed by atoms with Gasteiger partial charge in [-0.3, -0.25) is 14.5 Å². The van der Waals surface area contributed by atoms with Crippen molar-refractivity contribution in [3.05, 3.63) is 119 Å². The van der Waals surface area contributed by atoms with E-state index in [1.54, 1.807) is 31.3 Å². The molecule has 6 heteroatoms. The molecule has 1 heterocycles. The summed E-state index contributed by atoms with van der Waals surface area (Å²) in [6.45, 7) is 3.32. The number of rotatable bonds is 7. The first kappa shape index (κ1) is 27.0. The van der Waals surface area contributed by atoms with Crippen molar-refractivity contribution in [2.75, 3.05) is 32.2 Å². The van der Waals surface area contributed by atoms with E-state index in [0.29, 0.717) is 47.3 Å². The molecule has 2 amide bonds. The highest BCUT2D eigenvalue weighted by atomic mass is 16.5. The van der Waals surface area contributed by atoms with Crippen molar-refractivity contribution < 1.29 is 19.1 Å². The van der Waals surface area contributed by atoms with Gasteiger partial charge in [0.05, 0.1) is 25.5 Å². The van der Waals surface area contributed by atoms with Gasteiger partial charge in [0.1, 0.15) is 11.5 Å². The number of carbonyl (C=O) groups excluding carboxylic acids is 2. The fraction of sp³-hybridized carbons (Fsp3) is 0.235. The number of aryl methyl sites for hydroxylation is 1. The Bertz CT molecular complexity index is 1480. The molecule has 0 N–H and O–H groups in total. The third-order valence-corrected chi connectivity index (χ3v) is 7.62. The van der Waals surface area contributed by atoms with Crippen molar-refractivity contribution in [3.63, 3.8) is 0 Å². The number of anilines is 2. The quantitative estimate of drug-likeness (QED) is 0.256. The molecule has 0 aliphatic carbocycles. The summed E-state index contributed by atoms with van der Waals surface area (Å²) in [5.41, 5.74) is 4.57. The number of hydrogen-bond donors (Lipinski definition) is 0. The van der Waals surface area contributed by atoms with Gasteiger partial charge in [0.15, 0.2) is 0 Å². The highest BCUT2D eigenvalue weighted by molar-refractivity contribution is 6.13. The second-order valence-corrected chi connectivity index (χ2v) is 10.0. The number of ether oxygens (including phenoxy) is 2. The Morgan fingerprint density at radius 2 is 1.48 bits per heavy atom. The molecule has 1 fully saturated rings. The Labute approximate surface area is 235 Å². The average molecular weight is 535 g/mol. The minimum Gasteiger partial charge on any atom is -0.497 e. The van der Waals surface area contributed by atoms with Crippen LogP contribution in [0, 0.1) is 6.92 Å². The van der Waals surface area contributed by atoms with Crippen molar-refractivity contribution in [3.8, 4) is 11.5 Å². The lowest BCUT2D eigenvalue weighted by Crippen LogP contribution is -2.38. The SMILES string of the molecule is COc1ccc(C2CCN(C(=O)c3ccc(C)c(N(C(=O)c4ccccc4OC)c4ccccc4)c3)CC2)cc1. The normalized spacial score (nSPS) is 13.5. The molecule has 0 radical (unpaired) electrons. The first-order valence-electron chi connectivity index (χ1n) is 13.6. The summed E-state index contributed by atoms with van der Waals surface area (Å²) in [5, 5.41) is 0. The van der Waals surface area contributed by atoms with E-state index >= 15 is 0 Å². The molecule has 40 heavy (non-hydrogen) atoms. The lowest BCUT2D eigenvalue weighted by molar-refractivity contribution is 0.0712. The number of hydrogen-bond acceptors (Lipinski definition) is 4. The minimum atomic E-state index is -0.225. The zero-order chi connectivity index (χ0) is 28.1. The molecule has 0 bridgehead atoms. The minimum absolute atomic E-state index is 0.0211. The van der Waals surface area contributed by atoms with Crippen LogP contribution in [-0.4, -0.2) is 44.0 Å². The molecule has 4 aromatic rings. The topological polar surface area (TPSA) is 59.1 Å². The lowest BCUT2D eigenvalue weighted by atomic mass is 9.89. The van der Waals surface area contributed by atoms with E-state index in [1.807, 2.05) is 84.6 Å². The third-order valence-electron chi connectivity index (χ3n) is 7.62. The first-order chi connectivity index (χ1) is 19.5. The molecule has 204 valence electrons. The summed E-state index contributed by atoms with van der Waals surface area (Å²) >= 11 is 0. The Balaban J connectivity index is 1.41. The number of methoxy groups -OCH3 is 2. The number of benzene rings is 4. The molecule has 0 spiro atoms. The highest BCUT2D eigenvalue weighted by Gasteiger charge is 2.28. The van der Waals surface area contributed by atoms with Crippen molar-refractivity contribution >= 4 is 23.2 Å². The van der Waals surface area contributed by atoms with Gasteiger partial charge >= 0.3 is 0 Å². The van der Waals surface area contributed by atoms with Crippen LogP contribution in [0.1, 0.15) is 50.6 Å². The number of carbonyl (C=O) groups is 2. The largest absolute Gasteiger partial charge is 0.497 e. The lowest BCUT2D eigenvalue weighted by Gasteiger charge is -2.33. The Kier molecular flexibility index (Phi) is 8.15. The Morgan fingerprint density at radius 3 is 2.15 bits per heavy atom. The van der Waals surface area contributed by atoms with E-state index in [9.17, 15) is 9.59 Å². The van der Waals surface area contributed by atoms with Crippen LogP contribution in [-0.2, 0) is 0 Å². The predicted octanol–water partition coefficient (Wildman–Crippen LogP) is 7.01. The summed E-state index contributed by atoms with van der Waals surface area (Å²) in [5.74, 6) is 1.51. The van der Waals surface area contributed by atoms with Crippen molar-refractivity contribution in [1.82, 2.24) is 4.90 Å². The van der Waals surface area contributed by atoms with Crippen LogP contribution < -0.4 is 14.4 Å². The van der Waals surface area contributed by atoms with E-state index in [4.69, 9.17) is 9.47 Å². The summed E-state index contributed by atoms with van der Waals surface area (Å²) < 4.78 is 10.8. The van der Waals surface area contributed by atoms with Crippen molar-refractivity contribution in [2.45, 2.75) is 25.7 Å². The van der Waals surface area contributed by atoms with E-state index in [1.165, 1.54) is 5.56 Å². The maximum atomic E-state index is 14.0. The van der Waals surface area contributed by atoms with E-state index in [0.717, 1.165) is 24.2 Å². The monoisotopic (exact) mass is 534 g/mol. The summed E-state index contributed by atoms with van der Waals surface area (Å²) in [6, 6.07) is 30.5. The molecule has 1 aliphatic heterocycles. The van der Waals surface area contributed by atoms with Crippen LogP contribution in [0.3, 0.4) is 0 Å². The highest BCUT2D eigenvalue weighted by Crippen LogP contribution is 2.34. The van der Waals surface area contributed by atoms with Gasteiger partial charge in [-0.25, -0.2) is 0 Å². The fourth-order valence-electron chi connectivity index (χ4n) is 5.34. The zero-order valence-electron chi connectivity index (χ0n) is 23.2. The molecule has 0 atom stereocenters. The van der Waals surface area contributed by atoms with Gasteiger partial charge in [-0.15, -0.1) is 0 Å². The third kappa shape index (κ3) is 5.57. The number of likely N-dealkylation sites (tertiary alicyclic amines) is 1. The van der Waals surface area contributed by atoms with Gasteiger partial charge in [0, 0.05) is 24.3 Å². The summed E-state index contributed by atoms with van der Waals surface area (Å²) in [6.07, 6.45) is 1.80. The molecule has 4 aromatic carbocycles. The number of amides is 2. The van der Waals surface area contributed by atoms with Crippen LogP contribution in [0.5, 0.6) is 11.5 Å². The van der Waals surface area contributed by atoms with Crippen molar-refractivity contribution in [2.24, 2.45) is 0 Å². The number of piperidine rings is 1. The smallest absolute Gasteiger partial charge is 0.266 e. The van der Waals surface area contributed by atoms with Crippen LogP contribution in [0.25, 0.3) is 0 Å². The van der Waals surface area contributed by atoms with Gasteiger partial charge in [0.25, 0.3) is 11.8 Å². The maximum absolute atomic E-state index is 14.0. The van der Waals surface area contributed by atoms with Crippen LogP contribution >= 0.6 is 0 Å². The molecule has 0 aromatic heterocycles. The van der Waals surface area contributed by atoms with Gasteiger partial charge in [0.2, 0.25) is 0 Å². The second-order valence-electron chi connectivity index (χ2n) is 10.0. The van der Waals surface area contributed by atoms with E-state index < -0.39 is 0 Å². The maximum Gasteiger partial charge on any atom is 0.266 e. The Hall–Kier alpha value is -4.58. The van der Waals surface area contributed by atoms with Gasteiger partial charge < -0.3 is 14.4 Å². The Morgan fingerprint density at radius 1 is 0.800 bits per heavy atom.